The number of aromatic nitrogens is 2. The van der Waals surface area contributed by atoms with Crippen molar-refractivity contribution < 1.29 is 14.3 Å². The number of esters is 1. The van der Waals surface area contributed by atoms with Crippen molar-refractivity contribution in [3.8, 4) is 34.0 Å². The summed E-state index contributed by atoms with van der Waals surface area (Å²) in [4.78, 5) is 23.9. The Morgan fingerprint density at radius 3 is 2.24 bits per heavy atom. The lowest BCUT2D eigenvalue weighted by atomic mass is 10.00. The second kappa shape index (κ2) is 9.75. The van der Waals surface area contributed by atoms with Crippen molar-refractivity contribution >= 4 is 17.6 Å². The SMILES string of the molecule is CCC(=O)Nc1ccc(-c2c(-c3cccc(C)c3)nn(-c3ccc(C)cc3)c2OC(C)=O)cc1. The third-order valence-electron chi connectivity index (χ3n) is 5.43. The van der Waals surface area contributed by atoms with Gasteiger partial charge in [-0.05, 0) is 49.7 Å². The first-order valence-electron chi connectivity index (χ1n) is 11.2. The van der Waals surface area contributed by atoms with Crippen LogP contribution >= 0.6 is 0 Å². The number of amides is 1. The van der Waals surface area contributed by atoms with Crippen LogP contribution in [-0.4, -0.2) is 21.7 Å². The summed E-state index contributed by atoms with van der Waals surface area (Å²) in [6.45, 7) is 7.23. The molecule has 0 radical (unpaired) electrons. The fraction of sp³-hybridized carbons (Fsp3) is 0.179. The molecule has 6 nitrogen and oxygen atoms in total. The van der Waals surface area contributed by atoms with Crippen LogP contribution in [0.4, 0.5) is 5.69 Å². The molecule has 0 unspecified atom stereocenters. The highest BCUT2D eigenvalue weighted by atomic mass is 16.5. The minimum atomic E-state index is -0.433. The number of hydrogen-bond donors (Lipinski definition) is 1. The molecule has 172 valence electrons. The van der Waals surface area contributed by atoms with Crippen molar-refractivity contribution in [1.29, 1.82) is 0 Å². The normalized spacial score (nSPS) is 10.7. The van der Waals surface area contributed by atoms with E-state index in [4.69, 9.17) is 9.84 Å². The van der Waals surface area contributed by atoms with Gasteiger partial charge in [0.25, 0.3) is 0 Å². The van der Waals surface area contributed by atoms with E-state index in [1.807, 2.05) is 87.5 Å². The quantitative estimate of drug-likeness (QED) is 0.358. The molecule has 6 heteroatoms. The smallest absolute Gasteiger partial charge is 0.309 e. The molecule has 1 N–H and O–H groups in total. The standard InChI is InChI=1S/C28H27N3O3/c1-5-25(33)29-23-13-11-21(12-14-23)26-27(22-8-6-7-19(3)17-22)30-31(28(26)34-20(4)32)24-15-9-18(2)10-16-24/h6-17H,5H2,1-4H3,(H,29,33). The zero-order valence-electron chi connectivity index (χ0n) is 19.8. The Bertz CT molecular complexity index is 1340. The summed E-state index contributed by atoms with van der Waals surface area (Å²) < 4.78 is 7.42. The van der Waals surface area contributed by atoms with Crippen LogP contribution in [0.2, 0.25) is 0 Å². The van der Waals surface area contributed by atoms with E-state index in [2.05, 4.69) is 11.4 Å². The van der Waals surface area contributed by atoms with Crippen LogP contribution in [0.15, 0.2) is 72.8 Å². The van der Waals surface area contributed by atoms with Crippen molar-refractivity contribution in [3.63, 3.8) is 0 Å². The molecule has 0 fully saturated rings. The van der Waals surface area contributed by atoms with Gasteiger partial charge in [-0.25, -0.2) is 0 Å². The van der Waals surface area contributed by atoms with Gasteiger partial charge in [0.05, 0.1) is 11.3 Å². The van der Waals surface area contributed by atoms with E-state index in [-0.39, 0.29) is 5.91 Å². The summed E-state index contributed by atoms with van der Waals surface area (Å²) in [6.07, 6.45) is 0.402. The predicted molar refractivity (Wildman–Crippen MR) is 134 cm³/mol. The van der Waals surface area contributed by atoms with Gasteiger partial charge in [-0.1, -0.05) is 60.5 Å². The largest absolute Gasteiger partial charge is 0.407 e. The molecule has 4 aromatic rings. The van der Waals surface area contributed by atoms with Crippen molar-refractivity contribution in [2.45, 2.75) is 34.1 Å². The van der Waals surface area contributed by atoms with E-state index in [1.54, 1.807) is 4.68 Å². The molecule has 0 saturated heterocycles. The summed E-state index contributed by atoms with van der Waals surface area (Å²) >= 11 is 0. The van der Waals surface area contributed by atoms with Crippen LogP contribution in [0, 0.1) is 13.8 Å². The van der Waals surface area contributed by atoms with E-state index in [1.165, 1.54) is 6.92 Å². The summed E-state index contributed by atoms with van der Waals surface area (Å²) in [5, 5.41) is 7.77. The number of carbonyl (C=O) groups is 2. The topological polar surface area (TPSA) is 73.2 Å². The summed E-state index contributed by atoms with van der Waals surface area (Å²) in [5.41, 5.74) is 6.84. The average molecular weight is 454 g/mol. The van der Waals surface area contributed by atoms with E-state index in [9.17, 15) is 9.59 Å². The van der Waals surface area contributed by atoms with Gasteiger partial charge in [-0.3, -0.25) is 9.59 Å². The molecule has 1 amide bonds. The summed E-state index contributed by atoms with van der Waals surface area (Å²) in [7, 11) is 0. The molecule has 34 heavy (non-hydrogen) atoms. The summed E-state index contributed by atoms with van der Waals surface area (Å²) in [6, 6.07) is 23.4. The van der Waals surface area contributed by atoms with Gasteiger partial charge in [0, 0.05) is 24.6 Å². The van der Waals surface area contributed by atoms with Crippen LogP contribution in [0.1, 0.15) is 31.4 Å². The van der Waals surface area contributed by atoms with Crippen LogP contribution in [-0.2, 0) is 9.59 Å². The Hall–Kier alpha value is -4.19. The molecule has 0 aliphatic carbocycles. The molecular formula is C28H27N3O3. The van der Waals surface area contributed by atoms with Gasteiger partial charge in [0.1, 0.15) is 5.69 Å². The highest BCUT2D eigenvalue weighted by Gasteiger charge is 2.24. The third-order valence-corrected chi connectivity index (χ3v) is 5.43. The fourth-order valence-electron chi connectivity index (χ4n) is 3.72. The number of nitrogens with zero attached hydrogens (tertiary/aromatic N) is 2. The number of benzene rings is 3. The maximum atomic E-state index is 12.1. The second-order valence-electron chi connectivity index (χ2n) is 8.22. The molecule has 0 bridgehead atoms. The van der Waals surface area contributed by atoms with E-state index in [0.29, 0.717) is 29.2 Å². The van der Waals surface area contributed by atoms with Gasteiger partial charge in [-0.2, -0.15) is 9.78 Å². The maximum absolute atomic E-state index is 12.1. The van der Waals surface area contributed by atoms with Gasteiger partial charge >= 0.3 is 5.97 Å². The van der Waals surface area contributed by atoms with E-state index < -0.39 is 5.97 Å². The van der Waals surface area contributed by atoms with Gasteiger partial charge in [0.2, 0.25) is 11.8 Å². The van der Waals surface area contributed by atoms with Crippen LogP contribution in [0.3, 0.4) is 0 Å². The van der Waals surface area contributed by atoms with Crippen molar-refractivity contribution in [2.24, 2.45) is 0 Å². The lowest BCUT2D eigenvalue weighted by molar-refractivity contribution is -0.132. The third kappa shape index (κ3) is 4.91. The lowest BCUT2D eigenvalue weighted by Crippen LogP contribution is -2.09. The number of aryl methyl sites for hydroxylation is 2. The van der Waals surface area contributed by atoms with Crippen LogP contribution in [0.5, 0.6) is 5.88 Å². The number of rotatable bonds is 6. The Morgan fingerprint density at radius 2 is 1.62 bits per heavy atom. The Labute approximate surface area is 199 Å². The zero-order chi connectivity index (χ0) is 24.2. The van der Waals surface area contributed by atoms with Crippen LogP contribution < -0.4 is 10.1 Å². The fourth-order valence-corrected chi connectivity index (χ4v) is 3.72. The molecular weight excluding hydrogens is 426 g/mol. The average Bonchev–Trinajstić information content (AvgIpc) is 3.18. The first kappa shape index (κ1) is 23.0. The van der Waals surface area contributed by atoms with Gasteiger partial charge in [-0.15, -0.1) is 0 Å². The van der Waals surface area contributed by atoms with Crippen molar-refractivity contribution in [1.82, 2.24) is 9.78 Å². The molecule has 1 heterocycles. The van der Waals surface area contributed by atoms with Gasteiger partial charge in [0.15, 0.2) is 0 Å². The number of nitrogens with one attached hydrogen (secondary N) is 1. The Balaban J connectivity index is 1.94. The lowest BCUT2D eigenvalue weighted by Gasteiger charge is -2.10. The van der Waals surface area contributed by atoms with Gasteiger partial charge < -0.3 is 10.1 Å². The predicted octanol–water partition coefficient (Wildman–Crippen LogP) is 6.10. The molecule has 0 saturated carbocycles. The molecule has 0 spiro atoms. The number of hydrogen-bond acceptors (Lipinski definition) is 4. The highest BCUT2D eigenvalue weighted by Crippen LogP contribution is 2.41. The monoisotopic (exact) mass is 453 g/mol. The van der Waals surface area contributed by atoms with Crippen LogP contribution in [0.25, 0.3) is 28.1 Å². The van der Waals surface area contributed by atoms with Crippen molar-refractivity contribution in [3.05, 3.63) is 83.9 Å². The number of carbonyl (C=O) groups excluding carboxylic acids is 2. The zero-order valence-corrected chi connectivity index (χ0v) is 19.8. The summed E-state index contributed by atoms with van der Waals surface area (Å²) in [5.74, 6) is -0.142. The molecule has 4 rings (SSSR count). The minimum absolute atomic E-state index is 0.0546. The first-order valence-corrected chi connectivity index (χ1v) is 11.2. The molecule has 0 aliphatic heterocycles. The maximum Gasteiger partial charge on any atom is 0.309 e. The first-order chi connectivity index (χ1) is 16.4. The number of anilines is 1. The number of ether oxygens (including phenoxy) is 1. The molecule has 0 aliphatic rings. The van der Waals surface area contributed by atoms with E-state index in [0.717, 1.165) is 27.9 Å². The molecule has 1 aromatic heterocycles. The second-order valence-corrected chi connectivity index (χ2v) is 8.22. The molecule has 3 aromatic carbocycles. The Kier molecular flexibility index (Phi) is 6.59. The van der Waals surface area contributed by atoms with E-state index >= 15 is 0 Å². The molecule has 0 atom stereocenters. The minimum Gasteiger partial charge on any atom is -0.407 e. The Morgan fingerprint density at radius 1 is 0.912 bits per heavy atom. The highest BCUT2D eigenvalue weighted by molar-refractivity contribution is 5.92. The van der Waals surface area contributed by atoms with Crippen molar-refractivity contribution in [2.75, 3.05) is 5.32 Å².